The molecule has 0 aromatic heterocycles. The molecule has 1 aliphatic carbocycles. The first kappa shape index (κ1) is 19.7. The third-order valence-corrected chi connectivity index (χ3v) is 5.75. The van der Waals surface area contributed by atoms with E-state index in [1.54, 1.807) is 4.90 Å². The molecule has 1 aromatic carbocycles. The van der Waals surface area contributed by atoms with Crippen LogP contribution in [0.2, 0.25) is 0 Å². The van der Waals surface area contributed by atoms with Gasteiger partial charge in [0.15, 0.2) is 0 Å². The van der Waals surface area contributed by atoms with Crippen LogP contribution in [0.4, 0.5) is 11.4 Å². The molecule has 6 heteroatoms. The molecule has 0 unspecified atom stereocenters. The third kappa shape index (κ3) is 4.80. The lowest BCUT2D eigenvalue weighted by Gasteiger charge is -2.30. The molecule has 148 valence electrons. The number of rotatable bonds is 6. The molecule has 1 aromatic rings. The van der Waals surface area contributed by atoms with E-state index in [1.165, 1.54) is 0 Å². The molecule has 1 saturated heterocycles. The highest BCUT2D eigenvalue weighted by Gasteiger charge is 2.39. The van der Waals surface area contributed by atoms with E-state index in [2.05, 4.69) is 10.2 Å². The molecule has 0 radical (unpaired) electrons. The number of nitrogens with zero attached hydrogens (tertiary/aromatic N) is 2. The quantitative estimate of drug-likeness (QED) is 0.833. The van der Waals surface area contributed by atoms with Crippen LogP contribution >= 0.6 is 0 Å². The number of nitrogens with one attached hydrogen (secondary N) is 1. The summed E-state index contributed by atoms with van der Waals surface area (Å²) in [7, 11) is 0. The number of hydrogen-bond donors (Lipinski definition) is 1. The van der Waals surface area contributed by atoms with Crippen molar-refractivity contribution >= 4 is 23.2 Å². The topological polar surface area (TPSA) is 61.9 Å². The van der Waals surface area contributed by atoms with Crippen LogP contribution in [0, 0.1) is 5.41 Å². The highest BCUT2D eigenvalue weighted by atomic mass is 16.5. The summed E-state index contributed by atoms with van der Waals surface area (Å²) in [6.45, 7) is 7.90. The molecule has 2 amide bonds. The Labute approximate surface area is 161 Å². The maximum atomic E-state index is 12.8. The average molecular weight is 373 g/mol. The molecule has 0 spiro atoms. The average Bonchev–Trinajstić information content (AvgIpc) is 3.14. The molecule has 2 fully saturated rings. The Hall–Kier alpha value is -2.08. The molecule has 1 aliphatic heterocycles. The first-order chi connectivity index (χ1) is 13.0. The number of morpholine rings is 1. The fourth-order valence-corrected chi connectivity index (χ4v) is 4.03. The molecular weight excluding hydrogens is 342 g/mol. The molecule has 1 heterocycles. The van der Waals surface area contributed by atoms with Gasteiger partial charge in [0.1, 0.15) is 0 Å². The van der Waals surface area contributed by atoms with Gasteiger partial charge in [-0.3, -0.25) is 9.59 Å². The van der Waals surface area contributed by atoms with Crippen LogP contribution in [0.3, 0.4) is 0 Å². The number of amides is 2. The molecule has 3 rings (SSSR count). The first-order valence-corrected chi connectivity index (χ1v) is 10.0. The third-order valence-electron chi connectivity index (χ3n) is 5.75. The minimum atomic E-state index is -0.296. The summed E-state index contributed by atoms with van der Waals surface area (Å²) < 4.78 is 5.38. The number of carbonyl (C=O) groups is 2. The Balaban J connectivity index is 1.55. The number of likely N-dealkylation sites (N-methyl/N-ethyl adjacent to an activating group) is 1. The predicted molar refractivity (Wildman–Crippen MR) is 107 cm³/mol. The van der Waals surface area contributed by atoms with E-state index in [0.29, 0.717) is 6.54 Å². The number of anilines is 2. The lowest BCUT2D eigenvalue weighted by atomic mass is 9.87. The van der Waals surface area contributed by atoms with Crippen LogP contribution < -0.4 is 10.2 Å². The van der Waals surface area contributed by atoms with Gasteiger partial charge in [-0.25, -0.2) is 0 Å². The standard InChI is InChI=1S/C21H31N3O3/c1-3-23(20(26)21(2)10-4-5-11-21)16-19(25)22-17-6-8-18(9-7-17)24-12-14-27-15-13-24/h6-9H,3-5,10-16H2,1-2H3,(H,22,25). The first-order valence-electron chi connectivity index (χ1n) is 10.0. The number of hydrogen-bond acceptors (Lipinski definition) is 4. The van der Waals surface area contributed by atoms with Crippen LogP contribution in [0.15, 0.2) is 24.3 Å². The van der Waals surface area contributed by atoms with Crippen LogP contribution in [-0.4, -0.2) is 56.1 Å². The Kier molecular flexibility index (Phi) is 6.37. The van der Waals surface area contributed by atoms with Crippen molar-refractivity contribution in [2.24, 2.45) is 5.41 Å². The predicted octanol–water partition coefficient (Wildman–Crippen LogP) is 2.89. The summed E-state index contributed by atoms with van der Waals surface area (Å²) in [6.07, 6.45) is 4.04. The summed E-state index contributed by atoms with van der Waals surface area (Å²) in [6, 6.07) is 7.87. The largest absolute Gasteiger partial charge is 0.378 e. The van der Waals surface area contributed by atoms with Gasteiger partial charge in [-0.1, -0.05) is 19.8 Å². The molecule has 0 atom stereocenters. The molecule has 6 nitrogen and oxygen atoms in total. The van der Waals surface area contributed by atoms with E-state index in [4.69, 9.17) is 4.74 Å². The van der Waals surface area contributed by atoms with Crippen LogP contribution in [0.5, 0.6) is 0 Å². The second kappa shape index (κ2) is 8.74. The zero-order valence-electron chi connectivity index (χ0n) is 16.5. The van der Waals surface area contributed by atoms with E-state index in [-0.39, 0.29) is 23.8 Å². The van der Waals surface area contributed by atoms with Crippen molar-refractivity contribution in [1.82, 2.24) is 4.90 Å². The van der Waals surface area contributed by atoms with Gasteiger partial charge in [0, 0.05) is 36.4 Å². The fourth-order valence-electron chi connectivity index (χ4n) is 4.03. The van der Waals surface area contributed by atoms with Gasteiger partial charge in [0.05, 0.1) is 19.8 Å². The Morgan fingerprint density at radius 3 is 2.37 bits per heavy atom. The van der Waals surface area contributed by atoms with Crippen molar-refractivity contribution in [3.63, 3.8) is 0 Å². The molecule has 0 bridgehead atoms. The smallest absolute Gasteiger partial charge is 0.243 e. The monoisotopic (exact) mass is 373 g/mol. The van der Waals surface area contributed by atoms with Crippen molar-refractivity contribution in [2.75, 3.05) is 49.6 Å². The van der Waals surface area contributed by atoms with Crippen LogP contribution in [0.25, 0.3) is 0 Å². The van der Waals surface area contributed by atoms with Crippen molar-refractivity contribution in [3.05, 3.63) is 24.3 Å². The molecule has 27 heavy (non-hydrogen) atoms. The Morgan fingerprint density at radius 1 is 1.15 bits per heavy atom. The number of benzene rings is 1. The minimum Gasteiger partial charge on any atom is -0.378 e. The lowest BCUT2D eigenvalue weighted by Crippen LogP contribution is -2.44. The zero-order chi connectivity index (χ0) is 19.3. The van der Waals surface area contributed by atoms with Crippen LogP contribution in [-0.2, 0) is 14.3 Å². The lowest BCUT2D eigenvalue weighted by molar-refractivity contribution is -0.143. The highest BCUT2D eigenvalue weighted by molar-refractivity contribution is 5.95. The fraction of sp³-hybridized carbons (Fsp3) is 0.619. The normalized spacial score (nSPS) is 19.0. The van der Waals surface area contributed by atoms with Crippen molar-refractivity contribution in [2.45, 2.75) is 39.5 Å². The maximum Gasteiger partial charge on any atom is 0.243 e. The van der Waals surface area contributed by atoms with E-state index in [0.717, 1.165) is 63.4 Å². The summed E-state index contributed by atoms with van der Waals surface area (Å²) in [5.41, 5.74) is 1.60. The van der Waals surface area contributed by atoms with Gasteiger partial charge in [-0.05, 0) is 44.0 Å². The Morgan fingerprint density at radius 2 is 1.78 bits per heavy atom. The minimum absolute atomic E-state index is 0.107. The number of ether oxygens (including phenoxy) is 1. The van der Waals surface area contributed by atoms with Crippen molar-refractivity contribution in [1.29, 1.82) is 0 Å². The highest BCUT2D eigenvalue weighted by Crippen LogP contribution is 2.39. The molecule has 1 saturated carbocycles. The zero-order valence-corrected chi connectivity index (χ0v) is 16.5. The summed E-state index contributed by atoms with van der Waals surface area (Å²) >= 11 is 0. The molecular formula is C21H31N3O3. The van der Waals surface area contributed by atoms with Gasteiger partial charge >= 0.3 is 0 Å². The van der Waals surface area contributed by atoms with Gasteiger partial charge in [-0.2, -0.15) is 0 Å². The van der Waals surface area contributed by atoms with E-state index in [9.17, 15) is 9.59 Å². The van der Waals surface area contributed by atoms with Gasteiger partial charge < -0.3 is 19.9 Å². The summed E-state index contributed by atoms with van der Waals surface area (Å²) in [4.78, 5) is 29.3. The second-order valence-corrected chi connectivity index (χ2v) is 7.78. The van der Waals surface area contributed by atoms with Crippen LogP contribution in [0.1, 0.15) is 39.5 Å². The Bertz CT molecular complexity index is 647. The van der Waals surface area contributed by atoms with Gasteiger partial charge in [0.25, 0.3) is 0 Å². The summed E-state index contributed by atoms with van der Waals surface area (Å²) in [5.74, 6) is -0.0359. The second-order valence-electron chi connectivity index (χ2n) is 7.78. The van der Waals surface area contributed by atoms with E-state index >= 15 is 0 Å². The van der Waals surface area contributed by atoms with E-state index in [1.807, 2.05) is 38.1 Å². The SMILES string of the molecule is CCN(CC(=O)Nc1ccc(N2CCOCC2)cc1)C(=O)C1(C)CCCC1. The van der Waals surface area contributed by atoms with Gasteiger partial charge in [-0.15, -0.1) is 0 Å². The molecule has 2 aliphatic rings. The van der Waals surface area contributed by atoms with Gasteiger partial charge in [0.2, 0.25) is 11.8 Å². The maximum absolute atomic E-state index is 12.8. The van der Waals surface area contributed by atoms with Crippen molar-refractivity contribution in [3.8, 4) is 0 Å². The van der Waals surface area contributed by atoms with E-state index < -0.39 is 0 Å². The number of carbonyl (C=O) groups excluding carboxylic acids is 2. The molecule has 1 N–H and O–H groups in total. The summed E-state index contributed by atoms with van der Waals surface area (Å²) in [5, 5.41) is 2.92. The van der Waals surface area contributed by atoms with Crippen molar-refractivity contribution < 1.29 is 14.3 Å².